The van der Waals surface area contributed by atoms with Crippen LogP contribution in [0.15, 0.2) is 60.6 Å². The number of benzene rings is 2. The van der Waals surface area contributed by atoms with Gasteiger partial charge in [0.2, 0.25) is 0 Å². The quantitative estimate of drug-likeness (QED) is 0.429. The second kappa shape index (κ2) is 9.69. The molecule has 4 aromatic rings. The third-order valence-electron chi connectivity index (χ3n) is 6.03. The van der Waals surface area contributed by atoms with Gasteiger partial charge >= 0.3 is 0 Å². The number of morpholine rings is 1. The average Bonchev–Trinajstić information content (AvgIpc) is 3.38. The summed E-state index contributed by atoms with van der Waals surface area (Å²) in [5, 5.41) is 15.9. The summed E-state index contributed by atoms with van der Waals surface area (Å²) in [7, 11) is 1.55. The number of hydrogen-bond acceptors (Lipinski definition) is 8. The monoisotopic (exact) mass is 473 g/mol. The van der Waals surface area contributed by atoms with Crippen molar-refractivity contribution >= 4 is 28.5 Å². The molecule has 10 heteroatoms. The van der Waals surface area contributed by atoms with Crippen LogP contribution in [0.25, 0.3) is 28.4 Å². The van der Waals surface area contributed by atoms with Crippen LogP contribution >= 0.6 is 0 Å². The molecule has 1 atom stereocenters. The molecule has 0 spiro atoms. The number of aliphatic hydroxyl groups is 1. The van der Waals surface area contributed by atoms with E-state index in [2.05, 4.69) is 36.5 Å². The summed E-state index contributed by atoms with van der Waals surface area (Å²) in [6, 6.07) is 10.3. The molecule has 9 nitrogen and oxygen atoms in total. The highest BCUT2D eigenvalue weighted by atomic mass is 19.1. The molecule has 1 saturated heterocycles. The number of aromatic nitrogens is 5. The first-order valence-corrected chi connectivity index (χ1v) is 11.1. The number of nitrogens with zero attached hydrogens (tertiary/aromatic N) is 7. The number of rotatable bonds is 6. The maximum atomic E-state index is 15.1. The van der Waals surface area contributed by atoms with Gasteiger partial charge in [-0.2, -0.15) is 5.10 Å². The number of aliphatic imine (C=N–C) groups is 1. The van der Waals surface area contributed by atoms with Crippen molar-refractivity contribution in [2.75, 3.05) is 38.3 Å². The Morgan fingerprint density at radius 1 is 1.14 bits per heavy atom. The molecular weight excluding hydrogens is 449 g/mol. The highest BCUT2D eigenvalue weighted by Crippen LogP contribution is 2.32. The zero-order chi connectivity index (χ0) is 24.4. The second-order valence-electron chi connectivity index (χ2n) is 7.98. The van der Waals surface area contributed by atoms with Crippen LogP contribution in [0.4, 0.5) is 10.1 Å². The Hall–Kier alpha value is -4.02. The van der Waals surface area contributed by atoms with Gasteiger partial charge in [-0.1, -0.05) is 12.6 Å². The molecule has 0 amide bonds. The molecule has 2 aromatic heterocycles. The van der Waals surface area contributed by atoms with E-state index in [1.54, 1.807) is 13.1 Å². The van der Waals surface area contributed by atoms with E-state index >= 15 is 4.39 Å². The average molecular weight is 474 g/mol. The highest BCUT2D eigenvalue weighted by molar-refractivity contribution is 6.02. The summed E-state index contributed by atoms with van der Waals surface area (Å²) in [6.07, 6.45) is 3.08. The summed E-state index contributed by atoms with van der Waals surface area (Å²) in [6.45, 7) is 6.66. The molecule has 3 heterocycles. The molecule has 0 saturated carbocycles. The van der Waals surface area contributed by atoms with E-state index in [1.807, 2.05) is 18.2 Å². The van der Waals surface area contributed by atoms with Crippen LogP contribution in [0.3, 0.4) is 0 Å². The van der Waals surface area contributed by atoms with E-state index in [0.717, 1.165) is 18.8 Å². The van der Waals surface area contributed by atoms with Gasteiger partial charge in [0.15, 0.2) is 5.82 Å². The van der Waals surface area contributed by atoms with E-state index in [-0.39, 0.29) is 11.3 Å². The zero-order valence-electron chi connectivity index (χ0n) is 19.2. The lowest BCUT2D eigenvalue weighted by molar-refractivity contribution is 0.122. The molecule has 1 fully saturated rings. The molecule has 1 N–H and O–H groups in total. The molecule has 0 radical (unpaired) electrons. The van der Waals surface area contributed by atoms with E-state index < -0.39 is 11.9 Å². The fraction of sp³-hybridized carbons (Fsp3) is 0.240. The summed E-state index contributed by atoms with van der Waals surface area (Å²) < 4.78 is 21.9. The molecule has 178 valence electrons. The van der Waals surface area contributed by atoms with Gasteiger partial charge in [0.1, 0.15) is 30.3 Å². The lowest BCUT2D eigenvalue weighted by Gasteiger charge is -2.29. The normalized spacial score (nSPS) is 15.4. The van der Waals surface area contributed by atoms with Gasteiger partial charge in [0.05, 0.1) is 24.4 Å². The van der Waals surface area contributed by atoms with Crippen molar-refractivity contribution in [3.05, 3.63) is 72.8 Å². The predicted molar refractivity (Wildman–Crippen MR) is 132 cm³/mol. The Morgan fingerprint density at radius 3 is 2.74 bits per heavy atom. The Balaban J connectivity index is 1.54. The van der Waals surface area contributed by atoms with Crippen molar-refractivity contribution in [1.82, 2.24) is 24.7 Å². The van der Waals surface area contributed by atoms with Crippen molar-refractivity contribution in [2.45, 2.75) is 6.10 Å². The lowest BCUT2D eigenvalue weighted by atomic mass is 9.98. The molecule has 1 aliphatic rings. The number of aliphatic hydroxyl groups excluding tert-OH is 1. The van der Waals surface area contributed by atoms with E-state index in [4.69, 9.17) is 4.74 Å². The molecule has 35 heavy (non-hydrogen) atoms. The summed E-state index contributed by atoms with van der Waals surface area (Å²) in [5.41, 5.74) is 3.16. The van der Waals surface area contributed by atoms with Crippen molar-refractivity contribution in [3.8, 4) is 11.3 Å². The number of anilines is 1. The SMILES string of the molecule is C=Cn1ncnc1C(=NC)C(O)c1ccc(F)c(-c2ncnc3cc(N4CCOCC4)ccc23)c1. The lowest BCUT2D eigenvalue weighted by Crippen LogP contribution is -2.36. The second-order valence-corrected chi connectivity index (χ2v) is 7.98. The Labute approximate surface area is 201 Å². The fourth-order valence-electron chi connectivity index (χ4n) is 4.24. The summed E-state index contributed by atoms with van der Waals surface area (Å²) >= 11 is 0. The minimum atomic E-state index is -1.16. The topological polar surface area (TPSA) is 102 Å². The van der Waals surface area contributed by atoms with Crippen molar-refractivity contribution < 1.29 is 14.2 Å². The van der Waals surface area contributed by atoms with E-state index in [9.17, 15) is 5.11 Å². The number of fused-ring (bicyclic) bond motifs is 1. The highest BCUT2D eigenvalue weighted by Gasteiger charge is 2.23. The van der Waals surface area contributed by atoms with Crippen molar-refractivity contribution in [2.24, 2.45) is 4.99 Å². The standard InChI is InChI=1S/C25H24FN7O2/c1-3-33-25(30-15-31-33)23(27-2)24(34)16-4-7-20(26)19(12-16)22-18-6-5-17(13-21(18)28-14-29-22)32-8-10-35-11-9-32/h3-7,12-15,24,34H,1,8-11H2,2H3. The number of hydrogen-bond donors (Lipinski definition) is 1. The van der Waals surface area contributed by atoms with E-state index in [0.29, 0.717) is 41.2 Å². The summed E-state index contributed by atoms with van der Waals surface area (Å²) in [4.78, 5) is 19.4. The minimum absolute atomic E-state index is 0.258. The molecule has 1 unspecified atom stereocenters. The molecule has 2 aromatic carbocycles. The molecule has 0 bridgehead atoms. The zero-order valence-corrected chi connectivity index (χ0v) is 19.2. The third-order valence-corrected chi connectivity index (χ3v) is 6.03. The van der Waals surface area contributed by atoms with Crippen LogP contribution in [0.5, 0.6) is 0 Å². The van der Waals surface area contributed by atoms with Crippen LogP contribution < -0.4 is 4.90 Å². The third kappa shape index (κ3) is 4.29. The first kappa shape index (κ1) is 22.8. The van der Waals surface area contributed by atoms with Gasteiger partial charge in [-0.15, -0.1) is 0 Å². The van der Waals surface area contributed by atoms with Gasteiger partial charge in [0.25, 0.3) is 0 Å². The van der Waals surface area contributed by atoms with E-state index in [1.165, 1.54) is 35.7 Å². The van der Waals surface area contributed by atoms with Gasteiger partial charge in [0, 0.05) is 43.0 Å². The summed E-state index contributed by atoms with van der Waals surface area (Å²) in [5.74, 6) is -0.105. The van der Waals surface area contributed by atoms with Crippen LogP contribution in [0.1, 0.15) is 17.5 Å². The van der Waals surface area contributed by atoms with Gasteiger partial charge in [-0.25, -0.2) is 24.0 Å². The van der Waals surface area contributed by atoms with Crippen LogP contribution in [-0.2, 0) is 4.74 Å². The molecular formula is C25H24FN7O2. The van der Waals surface area contributed by atoms with Crippen LogP contribution in [0, 0.1) is 5.82 Å². The maximum Gasteiger partial charge on any atom is 0.179 e. The number of ether oxygens (including phenoxy) is 1. The maximum absolute atomic E-state index is 15.1. The number of halogens is 1. The van der Waals surface area contributed by atoms with Gasteiger partial charge in [-0.05, 0) is 35.9 Å². The van der Waals surface area contributed by atoms with Crippen molar-refractivity contribution in [1.29, 1.82) is 0 Å². The molecule has 1 aliphatic heterocycles. The van der Waals surface area contributed by atoms with Crippen molar-refractivity contribution in [3.63, 3.8) is 0 Å². The minimum Gasteiger partial charge on any atom is -0.382 e. The first-order valence-electron chi connectivity index (χ1n) is 11.1. The molecule has 0 aliphatic carbocycles. The predicted octanol–water partition coefficient (Wildman–Crippen LogP) is 3.12. The molecule has 5 rings (SSSR count). The first-order chi connectivity index (χ1) is 17.1. The Bertz CT molecular complexity index is 1410. The fourth-order valence-corrected chi connectivity index (χ4v) is 4.24. The smallest absolute Gasteiger partial charge is 0.179 e. The van der Waals surface area contributed by atoms with Crippen LogP contribution in [0.2, 0.25) is 0 Å². The Kier molecular flexibility index (Phi) is 6.30. The Morgan fingerprint density at radius 2 is 1.97 bits per heavy atom. The largest absolute Gasteiger partial charge is 0.382 e. The van der Waals surface area contributed by atoms with Crippen LogP contribution in [-0.4, -0.2) is 68.9 Å². The van der Waals surface area contributed by atoms with Gasteiger partial charge < -0.3 is 14.7 Å². The van der Waals surface area contributed by atoms with Gasteiger partial charge in [-0.3, -0.25) is 4.99 Å².